The second-order valence-corrected chi connectivity index (χ2v) is 5.16. The highest BCUT2D eigenvalue weighted by Gasteiger charge is 2.17. The highest BCUT2D eigenvalue weighted by Crippen LogP contribution is 2.21. The van der Waals surface area contributed by atoms with Gasteiger partial charge in [-0.1, -0.05) is 32.4 Å². The van der Waals surface area contributed by atoms with Crippen molar-refractivity contribution in [1.82, 2.24) is 9.97 Å². The number of aromatic nitrogens is 2. The van der Waals surface area contributed by atoms with Crippen molar-refractivity contribution < 1.29 is 0 Å². The summed E-state index contributed by atoms with van der Waals surface area (Å²) in [7, 11) is 1.87. The van der Waals surface area contributed by atoms with Crippen LogP contribution in [-0.4, -0.2) is 23.6 Å². The van der Waals surface area contributed by atoms with Crippen LogP contribution >= 0.6 is 11.6 Å². The van der Waals surface area contributed by atoms with Gasteiger partial charge < -0.3 is 9.88 Å². The van der Waals surface area contributed by atoms with Gasteiger partial charge in [0.2, 0.25) is 0 Å². The van der Waals surface area contributed by atoms with Crippen LogP contribution in [0.4, 0.5) is 5.82 Å². The van der Waals surface area contributed by atoms with E-state index in [9.17, 15) is 4.79 Å². The molecule has 0 aliphatic heterocycles. The fourth-order valence-corrected chi connectivity index (χ4v) is 1.67. The summed E-state index contributed by atoms with van der Waals surface area (Å²) < 4.78 is 0. The lowest BCUT2D eigenvalue weighted by molar-refractivity contribution is 0.417. The van der Waals surface area contributed by atoms with E-state index < -0.39 is 0 Å². The molecule has 0 saturated carbocycles. The number of hydrogen-bond donors (Lipinski definition) is 1. The quantitative estimate of drug-likeness (QED) is 0.843. The molecule has 0 aliphatic rings. The molecule has 84 valence electrons. The zero-order chi connectivity index (χ0) is 11.6. The third-order valence-corrected chi connectivity index (χ3v) is 2.19. The minimum atomic E-state index is -0.303. The molecule has 0 amide bonds. The number of aromatic amines is 1. The molecule has 5 heteroatoms. The summed E-state index contributed by atoms with van der Waals surface area (Å²) in [5, 5.41) is 0.143. The van der Waals surface area contributed by atoms with Crippen LogP contribution in [0.15, 0.2) is 11.1 Å². The molecule has 0 aromatic carbocycles. The number of hydrogen-bond acceptors (Lipinski definition) is 3. The number of rotatable bonds is 2. The summed E-state index contributed by atoms with van der Waals surface area (Å²) in [6.45, 7) is 7.13. The van der Waals surface area contributed by atoms with Gasteiger partial charge in [-0.25, -0.2) is 4.98 Å². The molecule has 0 aliphatic carbocycles. The molecule has 1 heterocycles. The number of nitrogens with one attached hydrogen (secondary N) is 1. The van der Waals surface area contributed by atoms with Crippen LogP contribution in [0, 0.1) is 5.41 Å². The van der Waals surface area contributed by atoms with Crippen molar-refractivity contribution in [3.8, 4) is 0 Å². The maximum atomic E-state index is 11.3. The van der Waals surface area contributed by atoms with Gasteiger partial charge in [-0.2, -0.15) is 0 Å². The molecular weight excluding hydrogens is 214 g/mol. The van der Waals surface area contributed by atoms with Crippen molar-refractivity contribution in [2.75, 3.05) is 18.5 Å². The fourth-order valence-electron chi connectivity index (χ4n) is 1.43. The lowest BCUT2D eigenvalue weighted by Gasteiger charge is -2.27. The molecule has 0 fully saturated rings. The lowest BCUT2D eigenvalue weighted by atomic mass is 9.96. The summed E-state index contributed by atoms with van der Waals surface area (Å²) >= 11 is 5.87. The van der Waals surface area contributed by atoms with E-state index in [0.717, 1.165) is 6.54 Å². The van der Waals surface area contributed by atoms with Crippen LogP contribution in [0.25, 0.3) is 0 Å². The first kappa shape index (κ1) is 12.0. The first-order chi connectivity index (χ1) is 6.81. The minimum absolute atomic E-state index is 0.127. The molecule has 0 radical (unpaired) electrons. The van der Waals surface area contributed by atoms with Crippen LogP contribution < -0.4 is 10.5 Å². The zero-order valence-corrected chi connectivity index (χ0v) is 10.2. The molecule has 1 aromatic rings. The van der Waals surface area contributed by atoms with E-state index in [-0.39, 0.29) is 16.0 Å². The summed E-state index contributed by atoms with van der Waals surface area (Å²) in [5.74, 6) is 0.523. The van der Waals surface area contributed by atoms with E-state index in [1.54, 1.807) is 0 Å². The van der Waals surface area contributed by atoms with E-state index in [1.807, 2.05) is 11.9 Å². The SMILES string of the molecule is CN(CC(C)(C)C)c1nc[nH]c(=O)c1Cl. The highest BCUT2D eigenvalue weighted by molar-refractivity contribution is 6.32. The first-order valence-electron chi connectivity index (χ1n) is 4.75. The highest BCUT2D eigenvalue weighted by atomic mass is 35.5. The zero-order valence-electron chi connectivity index (χ0n) is 9.47. The third kappa shape index (κ3) is 3.23. The van der Waals surface area contributed by atoms with Crippen LogP contribution in [0.1, 0.15) is 20.8 Å². The fraction of sp³-hybridized carbons (Fsp3) is 0.600. The van der Waals surface area contributed by atoms with Gasteiger partial charge in [0.15, 0.2) is 5.82 Å². The number of H-pyrrole nitrogens is 1. The molecule has 0 unspecified atom stereocenters. The molecule has 1 N–H and O–H groups in total. The predicted molar refractivity (Wildman–Crippen MR) is 62.6 cm³/mol. The Kier molecular flexibility index (Phi) is 3.39. The van der Waals surface area contributed by atoms with Crippen LogP contribution in [-0.2, 0) is 0 Å². The number of nitrogens with zero attached hydrogens (tertiary/aromatic N) is 2. The van der Waals surface area contributed by atoms with E-state index in [0.29, 0.717) is 5.82 Å². The van der Waals surface area contributed by atoms with Gasteiger partial charge in [0.25, 0.3) is 5.56 Å². The molecule has 15 heavy (non-hydrogen) atoms. The van der Waals surface area contributed by atoms with E-state index >= 15 is 0 Å². The van der Waals surface area contributed by atoms with E-state index in [4.69, 9.17) is 11.6 Å². The van der Waals surface area contributed by atoms with Gasteiger partial charge in [0.05, 0.1) is 6.33 Å². The van der Waals surface area contributed by atoms with Gasteiger partial charge in [-0.15, -0.1) is 0 Å². The average Bonchev–Trinajstić information content (AvgIpc) is 2.06. The maximum Gasteiger partial charge on any atom is 0.271 e. The summed E-state index contributed by atoms with van der Waals surface area (Å²) in [4.78, 5) is 19.6. The second kappa shape index (κ2) is 4.23. The average molecular weight is 230 g/mol. The second-order valence-electron chi connectivity index (χ2n) is 4.79. The Morgan fingerprint density at radius 3 is 2.67 bits per heavy atom. The molecule has 0 saturated heterocycles. The third-order valence-electron chi connectivity index (χ3n) is 1.85. The summed E-state index contributed by atoms with van der Waals surface area (Å²) in [6.07, 6.45) is 1.36. The number of anilines is 1. The normalized spacial score (nSPS) is 11.5. The van der Waals surface area contributed by atoms with Crippen molar-refractivity contribution in [3.05, 3.63) is 21.7 Å². The Hall–Kier alpha value is -1.03. The molecule has 4 nitrogen and oxygen atoms in total. The van der Waals surface area contributed by atoms with Crippen molar-refractivity contribution in [2.24, 2.45) is 5.41 Å². The smallest absolute Gasteiger partial charge is 0.271 e. The van der Waals surface area contributed by atoms with Gasteiger partial charge in [0.1, 0.15) is 5.02 Å². The Bertz CT molecular complexity index is 394. The van der Waals surface area contributed by atoms with E-state index in [1.165, 1.54) is 6.33 Å². The predicted octanol–water partition coefficient (Wildman–Crippen LogP) is 1.91. The largest absolute Gasteiger partial charge is 0.358 e. The van der Waals surface area contributed by atoms with Crippen molar-refractivity contribution in [1.29, 1.82) is 0 Å². The standard InChI is InChI=1S/C10H16ClN3O/c1-10(2,3)5-14(4)8-7(11)9(15)13-6-12-8/h6H,5H2,1-4H3,(H,12,13,15). The van der Waals surface area contributed by atoms with Crippen molar-refractivity contribution in [3.63, 3.8) is 0 Å². The Balaban J connectivity index is 2.97. The first-order valence-corrected chi connectivity index (χ1v) is 5.13. The van der Waals surface area contributed by atoms with Crippen LogP contribution in [0.2, 0.25) is 5.02 Å². The summed E-state index contributed by atoms with van der Waals surface area (Å²) in [6, 6.07) is 0. The minimum Gasteiger partial charge on any atom is -0.358 e. The van der Waals surface area contributed by atoms with Crippen LogP contribution in [0.5, 0.6) is 0 Å². The maximum absolute atomic E-state index is 11.3. The van der Waals surface area contributed by atoms with Gasteiger partial charge in [-0.3, -0.25) is 4.79 Å². The Labute approximate surface area is 94.3 Å². The van der Waals surface area contributed by atoms with E-state index in [2.05, 4.69) is 30.7 Å². The van der Waals surface area contributed by atoms with Crippen molar-refractivity contribution in [2.45, 2.75) is 20.8 Å². The molecule has 0 atom stereocenters. The molecule has 0 spiro atoms. The molecule has 1 aromatic heterocycles. The molecule has 0 bridgehead atoms. The summed E-state index contributed by atoms with van der Waals surface area (Å²) in [5.41, 5.74) is -0.176. The Morgan fingerprint density at radius 2 is 2.13 bits per heavy atom. The van der Waals surface area contributed by atoms with Gasteiger partial charge >= 0.3 is 0 Å². The van der Waals surface area contributed by atoms with Crippen molar-refractivity contribution >= 4 is 17.4 Å². The lowest BCUT2D eigenvalue weighted by Crippen LogP contribution is -2.31. The monoisotopic (exact) mass is 229 g/mol. The topological polar surface area (TPSA) is 49.0 Å². The van der Waals surface area contributed by atoms with Gasteiger partial charge in [-0.05, 0) is 5.41 Å². The van der Waals surface area contributed by atoms with Crippen LogP contribution in [0.3, 0.4) is 0 Å². The number of halogens is 1. The van der Waals surface area contributed by atoms with Gasteiger partial charge in [0, 0.05) is 13.6 Å². The Morgan fingerprint density at radius 1 is 1.53 bits per heavy atom. The molecular formula is C10H16ClN3O. The molecule has 1 rings (SSSR count).